The highest BCUT2D eigenvalue weighted by atomic mass is 32.2. The Morgan fingerprint density at radius 3 is 2.43 bits per heavy atom. The molecule has 0 aliphatic rings. The van der Waals surface area contributed by atoms with Gasteiger partial charge in [-0.15, -0.1) is 0 Å². The molecule has 4 nitrogen and oxygen atoms in total. The Balaban J connectivity index is 3.79. The van der Waals surface area contributed by atoms with Crippen LogP contribution in [0.25, 0.3) is 0 Å². The number of hydrogen-bond donors (Lipinski definition) is 3. The fraction of sp³-hybridized carbons (Fsp3) is 0.889. The maximum absolute atomic E-state index is 10.4. The highest BCUT2D eigenvalue weighted by Crippen LogP contribution is 2.21. The molecule has 0 radical (unpaired) electrons. The van der Waals surface area contributed by atoms with Gasteiger partial charge >= 0.3 is 5.97 Å². The first kappa shape index (κ1) is 13.7. The summed E-state index contributed by atoms with van der Waals surface area (Å²) in [6.45, 7) is 5.60. The lowest BCUT2D eigenvalue weighted by Gasteiger charge is -2.27. The number of carboxylic acids is 1. The van der Waals surface area contributed by atoms with Crippen molar-refractivity contribution in [1.29, 1.82) is 0 Å². The molecule has 0 aromatic rings. The first-order valence-corrected chi connectivity index (χ1v) is 5.71. The van der Waals surface area contributed by atoms with Gasteiger partial charge in [-0.1, -0.05) is 13.8 Å². The van der Waals surface area contributed by atoms with Crippen LogP contribution in [0.2, 0.25) is 0 Å². The Morgan fingerprint density at radius 2 is 2.07 bits per heavy atom. The van der Waals surface area contributed by atoms with Gasteiger partial charge in [0, 0.05) is 11.5 Å². The Hall–Kier alpha value is -0.260. The van der Waals surface area contributed by atoms with Crippen molar-refractivity contribution < 1.29 is 15.0 Å². The van der Waals surface area contributed by atoms with Crippen molar-refractivity contribution in [2.45, 2.75) is 32.4 Å². The Kier molecular flexibility index (Phi) is 5.48. The fourth-order valence-corrected chi connectivity index (χ4v) is 1.89. The molecule has 0 spiro atoms. The number of rotatable bonds is 6. The van der Waals surface area contributed by atoms with E-state index in [0.717, 1.165) is 0 Å². The third-order valence-corrected chi connectivity index (χ3v) is 3.64. The lowest BCUT2D eigenvalue weighted by molar-refractivity contribution is -0.137. The zero-order chi connectivity index (χ0) is 11.4. The third-order valence-electron chi connectivity index (χ3n) is 2.25. The van der Waals surface area contributed by atoms with Gasteiger partial charge in [-0.3, -0.25) is 4.79 Å². The molecule has 0 amide bonds. The molecule has 4 N–H and O–H groups in total. The number of carboxylic acid groups (broad SMARTS) is 1. The van der Waals surface area contributed by atoms with E-state index in [4.69, 9.17) is 10.8 Å². The third kappa shape index (κ3) is 4.83. The molecule has 0 saturated heterocycles. The summed E-state index contributed by atoms with van der Waals surface area (Å²) in [5.74, 6) is -0.0122. The second-order valence-electron chi connectivity index (χ2n) is 3.97. The summed E-state index contributed by atoms with van der Waals surface area (Å²) in [6.07, 6.45) is 0. The van der Waals surface area contributed by atoms with Crippen LogP contribution in [0, 0.1) is 5.92 Å². The second kappa shape index (κ2) is 5.58. The molecule has 0 aliphatic carbocycles. The van der Waals surface area contributed by atoms with Crippen LogP contribution in [0.5, 0.6) is 0 Å². The summed E-state index contributed by atoms with van der Waals surface area (Å²) < 4.78 is 0. The summed E-state index contributed by atoms with van der Waals surface area (Å²) in [4.78, 5) is 10.4. The maximum Gasteiger partial charge on any atom is 0.321 e. The standard InChI is InChI=1S/C9H19NO3S/c1-6(2)9(3,13)5-14-4-7(10)8(11)12/h6-7,13H,4-5,10H2,1-3H3,(H,11,12)/t7-,9?/m1/s1. The monoisotopic (exact) mass is 221 g/mol. The van der Waals surface area contributed by atoms with Crippen molar-refractivity contribution in [3.05, 3.63) is 0 Å². The molecule has 0 saturated carbocycles. The van der Waals surface area contributed by atoms with Gasteiger partial charge < -0.3 is 15.9 Å². The highest BCUT2D eigenvalue weighted by molar-refractivity contribution is 7.99. The predicted octanol–water partition coefficient (Wildman–Crippen LogP) is 0.538. The van der Waals surface area contributed by atoms with E-state index in [2.05, 4.69) is 0 Å². The van der Waals surface area contributed by atoms with E-state index >= 15 is 0 Å². The molecule has 14 heavy (non-hydrogen) atoms. The van der Waals surface area contributed by atoms with Gasteiger partial charge in [-0.05, 0) is 12.8 Å². The SMILES string of the molecule is CC(C)C(C)(O)CSC[C@@H](N)C(=O)O. The van der Waals surface area contributed by atoms with Gasteiger partial charge in [0.1, 0.15) is 6.04 Å². The van der Waals surface area contributed by atoms with Crippen LogP contribution in [-0.2, 0) is 4.79 Å². The van der Waals surface area contributed by atoms with Gasteiger partial charge in [0.2, 0.25) is 0 Å². The summed E-state index contributed by atoms with van der Waals surface area (Å²) in [5, 5.41) is 18.4. The summed E-state index contributed by atoms with van der Waals surface area (Å²) in [5.41, 5.74) is 4.56. The van der Waals surface area contributed by atoms with Gasteiger partial charge in [0.25, 0.3) is 0 Å². The van der Waals surface area contributed by atoms with E-state index < -0.39 is 17.6 Å². The molecule has 0 heterocycles. The van der Waals surface area contributed by atoms with Crippen LogP contribution < -0.4 is 5.73 Å². The molecule has 0 aromatic heterocycles. The van der Waals surface area contributed by atoms with Gasteiger partial charge in [-0.2, -0.15) is 11.8 Å². The summed E-state index contributed by atoms with van der Waals surface area (Å²) >= 11 is 1.37. The van der Waals surface area contributed by atoms with Gasteiger partial charge in [0.15, 0.2) is 0 Å². The molecule has 0 rings (SSSR count). The number of aliphatic carboxylic acids is 1. The molecular formula is C9H19NO3S. The van der Waals surface area contributed by atoms with E-state index in [9.17, 15) is 9.90 Å². The summed E-state index contributed by atoms with van der Waals surface area (Å²) in [6, 6.07) is -0.844. The topological polar surface area (TPSA) is 83.5 Å². The lowest BCUT2D eigenvalue weighted by atomic mass is 9.95. The van der Waals surface area contributed by atoms with Crippen LogP contribution in [-0.4, -0.2) is 39.3 Å². The first-order valence-electron chi connectivity index (χ1n) is 4.56. The zero-order valence-electron chi connectivity index (χ0n) is 8.86. The van der Waals surface area contributed by atoms with Crippen molar-refractivity contribution in [1.82, 2.24) is 0 Å². The summed E-state index contributed by atoms with van der Waals surface area (Å²) in [7, 11) is 0. The minimum Gasteiger partial charge on any atom is -0.480 e. The number of hydrogen-bond acceptors (Lipinski definition) is 4. The minimum atomic E-state index is -0.998. The number of carbonyl (C=O) groups is 1. The van der Waals surface area contributed by atoms with Crippen molar-refractivity contribution >= 4 is 17.7 Å². The average Bonchev–Trinajstić information content (AvgIpc) is 2.03. The van der Waals surface area contributed by atoms with Crippen molar-refractivity contribution in [3.63, 3.8) is 0 Å². The van der Waals surface area contributed by atoms with E-state index in [1.165, 1.54) is 11.8 Å². The smallest absolute Gasteiger partial charge is 0.321 e. The quantitative estimate of drug-likeness (QED) is 0.609. The van der Waals surface area contributed by atoms with Crippen molar-refractivity contribution in [2.24, 2.45) is 11.7 Å². The number of aliphatic hydroxyl groups is 1. The van der Waals surface area contributed by atoms with E-state index in [0.29, 0.717) is 11.5 Å². The molecule has 5 heteroatoms. The zero-order valence-corrected chi connectivity index (χ0v) is 9.67. The van der Waals surface area contributed by atoms with Crippen molar-refractivity contribution in [2.75, 3.05) is 11.5 Å². The average molecular weight is 221 g/mol. The predicted molar refractivity (Wildman–Crippen MR) is 58.4 cm³/mol. The first-order chi connectivity index (χ1) is 6.27. The van der Waals surface area contributed by atoms with Crippen LogP contribution in [0.1, 0.15) is 20.8 Å². The van der Waals surface area contributed by atoms with E-state index in [-0.39, 0.29) is 5.92 Å². The van der Waals surface area contributed by atoms with Crippen LogP contribution in [0.15, 0.2) is 0 Å². The molecule has 0 fully saturated rings. The molecule has 2 atom stereocenters. The lowest BCUT2D eigenvalue weighted by Crippen LogP contribution is -2.37. The molecule has 0 aromatic carbocycles. The van der Waals surface area contributed by atoms with Crippen LogP contribution in [0.4, 0.5) is 0 Å². The second-order valence-corrected chi connectivity index (χ2v) is 5.00. The highest BCUT2D eigenvalue weighted by Gasteiger charge is 2.25. The molecule has 1 unspecified atom stereocenters. The van der Waals surface area contributed by atoms with E-state index in [1.807, 2.05) is 13.8 Å². The Bertz CT molecular complexity index is 194. The van der Waals surface area contributed by atoms with Crippen LogP contribution >= 0.6 is 11.8 Å². The van der Waals surface area contributed by atoms with Crippen LogP contribution in [0.3, 0.4) is 0 Å². The normalized spacial score (nSPS) is 17.9. The Labute approximate surface area is 88.9 Å². The largest absolute Gasteiger partial charge is 0.480 e. The van der Waals surface area contributed by atoms with Gasteiger partial charge in [-0.25, -0.2) is 0 Å². The molecule has 0 bridgehead atoms. The molecular weight excluding hydrogens is 202 g/mol. The number of thioether (sulfide) groups is 1. The minimum absolute atomic E-state index is 0.149. The number of nitrogens with two attached hydrogens (primary N) is 1. The Morgan fingerprint density at radius 1 is 1.57 bits per heavy atom. The van der Waals surface area contributed by atoms with E-state index in [1.54, 1.807) is 6.92 Å². The fourth-order valence-electron chi connectivity index (χ4n) is 0.630. The van der Waals surface area contributed by atoms with Gasteiger partial charge in [0.05, 0.1) is 5.60 Å². The molecule has 84 valence electrons. The van der Waals surface area contributed by atoms with Crippen molar-refractivity contribution in [3.8, 4) is 0 Å². The molecule has 0 aliphatic heterocycles. The maximum atomic E-state index is 10.4.